The van der Waals surface area contributed by atoms with E-state index < -0.39 is 6.10 Å². The summed E-state index contributed by atoms with van der Waals surface area (Å²) >= 11 is 0. The summed E-state index contributed by atoms with van der Waals surface area (Å²) in [6.45, 7) is 5.68. The number of carbonyl (C=O) groups is 1. The molecule has 0 aliphatic carbocycles. The highest BCUT2D eigenvalue weighted by atomic mass is 16.5. The highest BCUT2D eigenvalue weighted by molar-refractivity contribution is 5.93. The Morgan fingerprint density at radius 2 is 1.88 bits per heavy atom. The Hall–Kier alpha value is -3.08. The van der Waals surface area contributed by atoms with Crippen LogP contribution in [0.2, 0.25) is 0 Å². The number of hydrogen-bond acceptors (Lipinski definition) is 4. The Morgan fingerprint density at radius 3 is 2.64 bits per heavy atom. The minimum atomic E-state index is -0.661. The summed E-state index contributed by atoms with van der Waals surface area (Å²) < 4.78 is 11.0. The number of rotatable bonds is 5. The minimum absolute atomic E-state index is 0.292. The van der Waals surface area contributed by atoms with Crippen LogP contribution in [0.4, 0.5) is 5.88 Å². The van der Waals surface area contributed by atoms with Crippen LogP contribution in [-0.2, 0) is 4.79 Å². The van der Waals surface area contributed by atoms with E-state index in [1.807, 2.05) is 62.4 Å². The molecule has 0 saturated heterocycles. The summed E-state index contributed by atoms with van der Waals surface area (Å²) in [4.78, 5) is 12.3. The lowest BCUT2D eigenvalue weighted by atomic mass is 10.1. The quantitative estimate of drug-likeness (QED) is 0.751. The first-order chi connectivity index (χ1) is 12.0. The van der Waals surface area contributed by atoms with Crippen LogP contribution in [0.25, 0.3) is 11.3 Å². The van der Waals surface area contributed by atoms with Gasteiger partial charge in [-0.05, 0) is 38.0 Å². The van der Waals surface area contributed by atoms with Crippen molar-refractivity contribution in [2.24, 2.45) is 0 Å². The van der Waals surface area contributed by atoms with E-state index in [0.29, 0.717) is 17.3 Å². The summed E-state index contributed by atoms with van der Waals surface area (Å²) in [5.41, 5.74) is 3.73. The fraction of sp³-hybridized carbons (Fsp3) is 0.200. The van der Waals surface area contributed by atoms with E-state index in [-0.39, 0.29) is 5.91 Å². The number of anilines is 1. The molecule has 5 nitrogen and oxygen atoms in total. The Kier molecular flexibility index (Phi) is 4.84. The number of amides is 1. The Labute approximate surface area is 146 Å². The van der Waals surface area contributed by atoms with Crippen molar-refractivity contribution in [3.63, 3.8) is 0 Å². The number of benzene rings is 2. The zero-order chi connectivity index (χ0) is 17.8. The number of carbonyl (C=O) groups excluding carboxylic acids is 1. The van der Waals surface area contributed by atoms with Crippen LogP contribution < -0.4 is 10.1 Å². The second-order valence-electron chi connectivity index (χ2n) is 5.89. The SMILES string of the molecule is Cc1cccc(OC(C)C(=O)Nc2cc(-c3ccccc3)no2)c1C. The Morgan fingerprint density at radius 1 is 1.12 bits per heavy atom. The maximum absolute atomic E-state index is 12.3. The van der Waals surface area contributed by atoms with E-state index in [0.717, 1.165) is 16.7 Å². The van der Waals surface area contributed by atoms with E-state index in [1.54, 1.807) is 13.0 Å². The minimum Gasteiger partial charge on any atom is -0.481 e. The van der Waals surface area contributed by atoms with Crippen LogP contribution in [0.3, 0.4) is 0 Å². The zero-order valence-corrected chi connectivity index (χ0v) is 14.4. The maximum Gasteiger partial charge on any atom is 0.267 e. The van der Waals surface area contributed by atoms with E-state index in [4.69, 9.17) is 9.26 Å². The highest BCUT2D eigenvalue weighted by Crippen LogP contribution is 2.23. The van der Waals surface area contributed by atoms with Crippen molar-refractivity contribution in [1.29, 1.82) is 0 Å². The van der Waals surface area contributed by atoms with Crippen molar-refractivity contribution >= 4 is 11.8 Å². The van der Waals surface area contributed by atoms with Gasteiger partial charge in [-0.2, -0.15) is 0 Å². The molecule has 3 aromatic rings. The van der Waals surface area contributed by atoms with Crippen LogP contribution >= 0.6 is 0 Å². The lowest BCUT2D eigenvalue weighted by Gasteiger charge is -2.16. The van der Waals surface area contributed by atoms with E-state index in [9.17, 15) is 4.79 Å². The molecule has 2 aromatic carbocycles. The molecule has 3 rings (SSSR count). The third kappa shape index (κ3) is 3.88. The largest absolute Gasteiger partial charge is 0.481 e. The average molecular weight is 336 g/mol. The van der Waals surface area contributed by atoms with Crippen LogP contribution in [0.15, 0.2) is 59.1 Å². The predicted octanol–water partition coefficient (Wildman–Crippen LogP) is 4.36. The number of aryl methyl sites for hydroxylation is 1. The summed E-state index contributed by atoms with van der Waals surface area (Å²) in [6.07, 6.45) is -0.661. The molecule has 1 N–H and O–H groups in total. The lowest BCUT2D eigenvalue weighted by Crippen LogP contribution is -2.30. The molecular weight excluding hydrogens is 316 g/mol. The first-order valence-electron chi connectivity index (χ1n) is 8.10. The molecule has 0 radical (unpaired) electrons. The molecule has 25 heavy (non-hydrogen) atoms. The second kappa shape index (κ2) is 7.21. The van der Waals surface area contributed by atoms with Crippen LogP contribution in [0, 0.1) is 13.8 Å². The molecule has 0 aliphatic heterocycles. The van der Waals surface area contributed by atoms with Gasteiger partial charge in [-0.3, -0.25) is 10.1 Å². The molecule has 0 bridgehead atoms. The smallest absolute Gasteiger partial charge is 0.267 e. The van der Waals surface area contributed by atoms with Gasteiger partial charge in [0.2, 0.25) is 5.88 Å². The number of nitrogens with one attached hydrogen (secondary N) is 1. The molecule has 0 aliphatic rings. The monoisotopic (exact) mass is 336 g/mol. The van der Waals surface area contributed by atoms with Gasteiger partial charge in [0.15, 0.2) is 6.10 Å². The van der Waals surface area contributed by atoms with Crippen LogP contribution in [0.5, 0.6) is 5.75 Å². The van der Waals surface area contributed by atoms with E-state index in [1.165, 1.54) is 0 Å². The number of ether oxygens (including phenoxy) is 1. The molecule has 1 heterocycles. The first kappa shape index (κ1) is 16.8. The van der Waals surface area contributed by atoms with Gasteiger partial charge in [-0.15, -0.1) is 0 Å². The third-order valence-electron chi connectivity index (χ3n) is 4.05. The van der Waals surface area contributed by atoms with Crippen molar-refractivity contribution in [3.05, 3.63) is 65.7 Å². The molecule has 1 aromatic heterocycles. The molecule has 128 valence electrons. The van der Waals surface area contributed by atoms with Gasteiger partial charge in [-0.1, -0.05) is 47.6 Å². The van der Waals surface area contributed by atoms with Crippen molar-refractivity contribution in [2.75, 3.05) is 5.32 Å². The van der Waals surface area contributed by atoms with Gasteiger partial charge in [0.25, 0.3) is 5.91 Å². The first-order valence-corrected chi connectivity index (χ1v) is 8.10. The molecule has 0 fully saturated rings. The molecule has 1 amide bonds. The standard InChI is InChI=1S/C20H20N2O3/c1-13-8-7-11-18(14(13)2)24-15(3)20(23)21-19-12-17(22-25-19)16-9-5-4-6-10-16/h4-12,15H,1-3H3,(H,21,23). The van der Waals surface area contributed by atoms with Crippen molar-refractivity contribution in [3.8, 4) is 17.0 Å². The summed E-state index contributed by atoms with van der Waals surface area (Å²) in [5, 5.41) is 6.67. The van der Waals surface area contributed by atoms with Crippen LogP contribution in [-0.4, -0.2) is 17.2 Å². The van der Waals surface area contributed by atoms with Crippen LogP contribution in [0.1, 0.15) is 18.1 Å². The Balaban J connectivity index is 1.66. The van der Waals surface area contributed by atoms with Gasteiger partial charge < -0.3 is 9.26 Å². The molecule has 1 unspecified atom stereocenters. The van der Waals surface area contributed by atoms with Crippen molar-refractivity contribution < 1.29 is 14.1 Å². The highest BCUT2D eigenvalue weighted by Gasteiger charge is 2.18. The van der Waals surface area contributed by atoms with Crippen molar-refractivity contribution in [2.45, 2.75) is 26.9 Å². The summed E-state index contributed by atoms with van der Waals surface area (Å²) in [7, 11) is 0. The number of aromatic nitrogens is 1. The number of nitrogens with zero attached hydrogens (tertiary/aromatic N) is 1. The molecule has 5 heteroatoms. The summed E-state index contributed by atoms with van der Waals surface area (Å²) in [5.74, 6) is 0.696. The fourth-order valence-electron chi connectivity index (χ4n) is 2.40. The van der Waals surface area contributed by atoms with Gasteiger partial charge >= 0.3 is 0 Å². The lowest BCUT2D eigenvalue weighted by molar-refractivity contribution is -0.122. The molecule has 1 atom stereocenters. The second-order valence-corrected chi connectivity index (χ2v) is 5.89. The molecular formula is C20H20N2O3. The van der Waals surface area contributed by atoms with Gasteiger partial charge in [0.1, 0.15) is 11.4 Å². The van der Waals surface area contributed by atoms with Gasteiger partial charge in [0.05, 0.1) is 0 Å². The maximum atomic E-state index is 12.3. The van der Waals surface area contributed by atoms with E-state index in [2.05, 4.69) is 10.5 Å². The number of hydrogen-bond donors (Lipinski definition) is 1. The predicted molar refractivity (Wildman–Crippen MR) is 96.6 cm³/mol. The molecule has 0 spiro atoms. The van der Waals surface area contributed by atoms with Gasteiger partial charge in [0, 0.05) is 11.6 Å². The van der Waals surface area contributed by atoms with Crippen molar-refractivity contribution in [1.82, 2.24) is 5.16 Å². The topological polar surface area (TPSA) is 64.4 Å². The normalized spacial score (nSPS) is 11.8. The molecule has 0 saturated carbocycles. The van der Waals surface area contributed by atoms with E-state index >= 15 is 0 Å². The average Bonchev–Trinajstić information content (AvgIpc) is 3.08. The third-order valence-corrected chi connectivity index (χ3v) is 4.05. The van der Waals surface area contributed by atoms with Gasteiger partial charge in [-0.25, -0.2) is 0 Å². The zero-order valence-electron chi connectivity index (χ0n) is 14.4. The Bertz CT molecular complexity index is 872. The fourth-order valence-corrected chi connectivity index (χ4v) is 2.40. The summed E-state index contributed by atoms with van der Waals surface area (Å²) in [6, 6.07) is 17.1.